The number of hydrogen-bond acceptors (Lipinski definition) is 4. The summed E-state index contributed by atoms with van der Waals surface area (Å²) in [6.07, 6.45) is 0. The lowest BCUT2D eigenvalue weighted by molar-refractivity contribution is -0.113. The maximum Gasteiger partial charge on any atom is 0.340 e. The number of nitrogens with two attached hydrogens (primary N) is 1. The summed E-state index contributed by atoms with van der Waals surface area (Å²) in [6, 6.07) is 9.33. The first-order valence-corrected chi connectivity index (χ1v) is 7.95. The number of allylic oxidation sites excluding steroid dienone is 1. The number of carbonyl (C=O) groups is 2. The Morgan fingerprint density at radius 1 is 1.16 bits per heavy atom. The van der Waals surface area contributed by atoms with Crippen LogP contribution in [0.15, 0.2) is 36.1 Å². The number of nitrogens with zero attached hydrogens (tertiary/aromatic N) is 1. The molecule has 1 amide bonds. The van der Waals surface area contributed by atoms with Gasteiger partial charge in [-0.2, -0.15) is 0 Å². The molecular formula is C19H22N2O4. The maximum atomic E-state index is 12.6. The van der Waals surface area contributed by atoms with E-state index in [0.29, 0.717) is 22.5 Å². The third-order valence-corrected chi connectivity index (χ3v) is 3.99. The molecule has 6 heteroatoms. The lowest BCUT2D eigenvalue weighted by Gasteiger charge is -2.12. The topological polar surface area (TPSA) is 94.5 Å². The smallest absolute Gasteiger partial charge is 0.340 e. The Balaban J connectivity index is 2.88. The number of benzene rings is 1. The first-order chi connectivity index (χ1) is 11.8. The van der Waals surface area contributed by atoms with Gasteiger partial charge in [0.05, 0.1) is 12.2 Å². The van der Waals surface area contributed by atoms with Crippen molar-refractivity contribution in [3.05, 3.63) is 53.0 Å². The van der Waals surface area contributed by atoms with E-state index in [4.69, 9.17) is 10.5 Å². The van der Waals surface area contributed by atoms with Gasteiger partial charge in [-0.05, 0) is 33.3 Å². The van der Waals surface area contributed by atoms with Gasteiger partial charge in [0.2, 0.25) is 0 Å². The second kappa shape index (κ2) is 7.25. The van der Waals surface area contributed by atoms with Crippen molar-refractivity contribution in [2.75, 3.05) is 6.61 Å². The predicted octanol–water partition coefficient (Wildman–Crippen LogP) is 3.18. The Morgan fingerprint density at radius 2 is 1.76 bits per heavy atom. The normalized spacial score (nSPS) is 11.8. The van der Waals surface area contributed by atoms with E-state index in [1.165, 1.54) is 11.5 Å². The average molecular weight is 342 g/mol. The van der Waals surface area contributed by atoms with Gasteiger partial charge in [-0.25, -0.2) is 4.79 Å². The van der Waals surface area contributed by atoms with E-state index in [2.05, 4.69) is 0 Å². The standard InChI is InChI=1S/C19H22N2O4/c1-5-25-19(24)16-12(3)21(17(13(4)22)18(20)23)11(2)15(16)14-9-7-6-8-10-14/h6-10,22H,5H2,1-4H3,(H2,20,23)/b17-13+. The van der Waals surface area contributed by atoms with Crippen LogP contribution in [0.5, 0.6) is 0 Å². The number of hydrogen-bond donors (Lipinski definition) is 2. The zero-order valence-corrected chi connectivity index (χ0v) is 14.8. The number of esters is 1. The molecule has 0 saturated carbocycles. The third kappa shape index (κ3) is 3.28. The summed E-state index contributed by atoms with van der Waals surface area (Å²) < 4.78 is 6.70. The quantitative estimate of drug-likeness (QED) is 0.496. The zero-order valence-electron chi connectivity index (χ0n) is 14.8. The van der Waals surface area contributed by atoms with Gasteiger partial charge in [0.25, 0.3) is 5.91 Å². The molecule has 25 heavy (non-hydrogen) atoms. The number of carbonyl (C=O) groups excluding carboxylic acids is 2. The van der Waals surface area contributed by atoms with Gasteiger partial charge in [0.1, 0.15) is 11.5 Å². The van der Waals surface area contributed by atoms with Crippen molar-refractivity contribution in [3.63, 3.8) is 0 Å². The fourth-order valence-corrected chi connectivity index (χ4v) is 3.03. The summed E-state index contributed by atoms with van der Waals surface area (Å²) in [5.74, 6) is -1.49. The van der Waals surface area contributed by atoms with Crippen molar-refractivity contribution in [3.8, 4) is 11.1 Å². The Morgan fingerprint density at radius 3 is 2.24 bits per heavy atom. The summed E-state index contributed by atoms with van der Waals surface area (Å²) in [4.78, 5) is 24.4. The van der Waals surface area contributed by atoms with E-state index < -0.39 is 11.9 Å². The maximum absolute atomic E-state index is 12.6. The van der Waals surface area contributed by atoms with Crippen LogP contribution in [0.1, 0.15) is 35.6 Å². The van der Waals surface area contributed by atoms with Crippen LogP contribution >= 0.6 is 0 Å². The molecule has 0 fully saturated rings. The molecule has 0 aliphatic carbocycles. The molecule has 1 heterocycles. The van der Waals surface area contributed by atoms with E-state index in [9.17, 15) is 14.7 Å². The molecule has 0 atom stereocenters. The molecular weight excluding hydrogens is 320 g/mol. The molecule has 0 unspecified atom stereocenters. The minimum atomic E-state index is -0.781. The number of amides is 1. The van der Waals surface area contributed by atoms with E-state index in [-0.39, 0.29) is 18.1 Å². The van der Waals surface area contributed by atoms with E-state index >= 15 is 0 Å². The number of primary amides is 1. The van der Waals surface area contributed by atoms with Crippen molar-refractivity contribution in [2.45, 2.75) is 27.7 Å². The molecule has 132 valence electrons. The molecule has 1 aromatic heterocycles. The highest BCUT2D eigenvalue weighted by atomic mass is 16.5. The largest absolute Gasteiger partial charge is 0.510 e. The fraction of sp³-hybridized carbons (Fsp3) is 0.263. The van der Waals surface area contributed by atoms with Crippen LogP contribution in [0, 0.1) is 13.8 Å². The molecule has 3 N–H and O–H groups in total. The van der Waals surface area contributed by atoms with Crippen LogP contribution in [-0.2, 0) is 9.53 Å². The molecule has 2 aromatic rings. The van der Waals surface area contributed by atoms with Crippen LogP contribution in [0.3, 0.4) is 0 Å². The first-order valence-electron chi connectivity index (χ1n) is 7.95. The number of aliphatic hydroxyl groups is 1. The van der Waals surface area contributed by atoms with Gasteiger partial charge in [0, 0.05) is 17.0 Å². The molecule has 0 aliphatic rings. The number of aliphatic hydroxyl groups excluding tert-OH is 1. The minimum Gasteiger partial charge on any atom is -0.510 e. The SMILES string of the molecule is CCOC(=O)c1c(-c2ccccc2)c(C)n(/C(C(N)=O)=C(\C)O)c1C. The first kappa shape index (κ1) is 18.3. The Bertz CT molecular complexity index is 844. The van der Waals surface area contributed by atoms with Crippen LogP contribution in [0.25, 0.3) is 16.8 Å². The van der Waals surface area contributed by atoms with E-state index in [1.54, 1.807) is 20.8 Å². The van der Waals surface area contributed by atoms with Crippen molar-refractivity contribution in [1.29, 1.82) is 0 Å². The average Bonchev–Trinajstić information content (AvgIpc) is 2.80. The lowest BCUT2D eigenvalue weighted by Crippen LogP contribution is -2.21. The molecule has 0 aliphatic heterocycles. The third-order valence-electron chi connectivity index (χ3n) is 3.99. The van der Waals surface area contributed by atoms with E-state index in [1.807, 2.05) is 30.3 Å². The molecule has 2 rings (SSSR count). The summed E-state index contributed by atoms with van der Waals surface area (Å²) in [6.45, 7) is 6.80. The Labute approximate surface area is 146 Å². The highest BCUT2D eigenvalue weighted by molar-refractivity contribution is 6.14. The Kier molecular flexibility index (Phi) is 5.32. The van der Waals surface area contributed by atoms with Gasteiger partial charge >= 0.3 is 5.97 Å². The molecule has 0 saturated heterocycles. The van der Waals surface area contributed by atoms with E-state index in [0.717, 1.165) is 5.56 Å². The number of aromatic nitrogens is 1. The molecule has 6 nitrogen and oxygen atoms in total. The number of rotatable bonds is 5. The number of ether oxygens (including phenoxy) is 1. The Hall–Kier alpha value is -3.02. The van der Waals surface area contributed by atoms with Crippen molar-refractivity contribution in [2.24, 2.45) is 5.73 Å². The highest BCUT2D eigenvalue weighted by Crippen LogP contribution is 2.35. The van der Waals surface area contributed by atoms with Gasteiger partial charge in [-0.1, -0.05) is 30.3 Å². The highest BCUT2D eigenvalue weighted by Gasteiger charge is 2.28. The van der Waals surface area contributed by atoms with Crippen LogP contribution < -0.4 is 5.73 Å². The van der Waals surface area contributed by atoms with Crippen molar-refractivity contribution < 1.29 is 19.4 Å². The van der Waals surface area contributed by atoms with Crippen LogP contribution in [0.2, 0.25) is 0 Å². The molecule has 1 aromatic carbocycles. The van der Waals surface area contributed by atoms with Crippen molar-refractivity contribution in [1.82, 2.24) is 4.57 Å². The second-order valence-electron chi connectivity index (χ2n) is 5.64. The summed E-state index contributed by atoms with van der Waals surface area (Å²) in [5.41, 5.74) is 8.29. The van der Waals surface area contributed by atoms with Gasteiger partial charge in [-0.15, -0.1) is 0 Å². The summed E-state index contributed by atoms with van der Waals surface area (Å²) in [5, 5.41) is 9.94. The monoisotopic (exact) mass is 342 g/mol. The fourth-order valence-electron chi connectivity index (χ4n) is 3.03. The second-order valence-corrected chi connectivity index (χ2v) is 5.64. The van der Waals surface area contributed by atoms with Crippen LogP contribution in [-0.4, -0.2) is 28.2 Å². The van der Waals surface area contributed by atoms with Crippen molar-refractivity contribution >= 4 is 17.6 Å². The lowest BCUT2D eigenvalue weighted by atomic mass is 10.0. The molecule has 0 radical (unpaired) electrons. The predicted molar refractivity (Wildman–Crippen MR) is 96.0 cm³/mol. The zero-order chi connectivity index (χ0) is 18.7. The molecule has 0 spiro atoms. The summed E-state index contributed by atoms with van der Waals surface area (Å²) >= 11 is 0. The molecule has 0 bridgehead atoms. The summed E-state index contributed by atoms with van der Waals surface area (Å²) in [7, 11) is 0. The van der Waals surface area contributed by atoms with Crippen LogP contribution in [0.4, 0.5) is 0 Å². The van der Waals surface area contributed by atoms with Gasteiger partial charge in [0.15, 0.2) is 0 Å². The van der Waals surface area contributed by atoms with Gasteiger partial charge in [-0.3, -0.25) is 4.79 Å². The minimum absolute atomic E-state index is 0.0669. The van der Waals surface area contributed by atoms with Gasteiger partial charge < -0.3 is 20.1 Å².